The summed E-state index contributed by atoms with van der Waals surface area (Å²) in [4.78, 5) is 31.6. The molecule has 0 bridgehead atoms. The maximum Gasteiger partial charge on any atom is 0.295 e. The lowest BCUT2D eigenvalue weighted by molar-refractivity contribution is -0.140. The Hall–Kier alpha value is -3.94. The van der Waals surface area contributed by atoms with Crippen LogP contribution in [0.15, 0.2) is 72.4 Å². The first-order valence-electron chi connectivity index (χ1n) is 11.3. The number of ketones is 1. The number of H-pyrrole nitrogens is 1. The van der Waals surface area contributed by atoms with Gasteiger partial charge in [0.05, 0.1) is 36.4 Å². The first kappa shape index (κ1) is 24.7. The Balaban J connectivity index is 1.72. The molecular formula is C28H22Cl2N2O5. The molecular weight excluding hydrogens is 515 g/mol. The molecule has 0 aliphatic carbocycles. The molecule has 9 heteroatoms. The highest BCUT2D eigenvalue weighted by molar-refractivity contribution is 6.47. The van der Waals surface area contributed by atoms with E-state index in [-0.39, 0.29) is 33.5 Å². The third kappa shape index (κ3) is 4.30. The van der Waals surface area contributed by atoms with Gasteiger partial charge in [-0.2, -0.15) is 0 Å². The second-order valence-electron chi connectivity index (χ2n) is 8.53. The Morgan fingerprint density at radius 1 is 1.03 bits per heavy atom. The summed E-state index contributed by atoms with van der Waals surface area (Å²) in [5, 5.41) is 12.7. The van der Waals surface area contributed by atoms with Crippen LogP contribution in [-0.2, 0) is 16.1 Å². The van der Waals surface area contributed by atoms with Gasteiger partial charge in [-0.1, -0.05) is 53.5 Å². The van der Waals surface area contributed by atoms with Crippen LogP contribution >= 0.6 is 23.2 Å². The average Bonchev–Trinajstić information content (AvgIpc) is 3.42. The van der Waals surface area contributed by atoms with E-state index in [0.717, 1.165) is 16.5 Å². The monoisotopic (exact) mass is 536 g/mol. The molecule has 2 N–H and O–H groups in total. The molecule has 1 aliphatic rings. The Kier molecular flexibility index (Phi) is 6.58. The van der Waals surface area contributed by atoms with Gasteiger partial charge in [-0.05, 0) is 35.9 Å². The van der Waals surface area contributed by atoms with Gasteiger partial charge in [0.1, 0.15) is 17.3 Å². The molecule has 1 atom stereocenters. The van der Waals surface area contributed by atoms with Crippen LogP contribution in [0.25, 0.3) is 16.7 Å². The highest BCUT2D eigenvalue weighted by Gasteiger charge is 2.47. The van der Waals surface area contributed by atoms with Gasteiger partial charge in [0, 0.05) is 34.2 Å². The van der Waals surface area contributed by atoms with E-state index in [0.29, 0.717) is 11.3 Å². The number of rotatable bonds is 6. The van der Waals surface area contributed by atoms with Gasteiger partial charge in [-0.25, -0.2) is 0 Å². The van der Waals surface area contributed by atoms with Crippen molar-refractivity contribution in [1.29, 1.82) is 0 Å². The number of ether oxygens (including phenoxy) is 2. The van der Waals surface area contributed by atoms with Gasteiger partial charge in [-0.15, -0.1) is 0 Å². The number of nitrogens with one attached hydrogen (secondary N) is 1. The average molecular weight is 537 g/mol. The van der Waals surface area contributed by atoms with Crippen molar-refractivity contribution >= 4 is 51.6 Å². The maximum absolute atomic E-state index is 13.5. The SMILES string of the molecule is COc1ccc(CN2C(=O)C(=O)/C(=C(/O)c3cc(Cl)cc(Cl)c3OC)C2c2c[nH]c3ccccc23)cc1. The van der Waals surface area contributed by atoms with Gasteiger partial charge in [-0.3, -0.25) is 9.59 Å². The molecule has 37 heavy (non-hydrogen) atoms. The van der Waals surface area contributed by atoms with E-state index in [1.54, 1.807) is 25.4 Å². The number of hydrogen-bond donors (Lipinski definition) is 2. The van der Waals surface area contributed by atoms with Crippen LogP contribution in [-0.4, -0.2) is 40.9 Å². The molecule has 3 aromatic carbocycles. The number of Topliss-reactive ketones (excluding diaryl/α,β-unsaturated/α-hetero) is 1. The van der Waals surface area contributed by atoms with Crippen LogP contribution in [0.4, 0.5) is 0 Å². The fraction of sp³-hybridized carbons (Fsp3) is 0.143. The summed E-state index contributed by atoms with van der Waals surface area (Å²) in [5.41, 5.74) is 2.32. The molecule has 1 fully saturated rings. The first-order chi connectivity index (χ1) is 17.8. The first-order valence-corrected chi connectivity index (χ1v) is 12.1. The number of amides is 1. The van der Waals surface area contributed by atoms with Crippen molar-refractivity contribution in [2.24, 2.45) is 0 Å². The topological polar surface area (TPSA) is 91.9 Å². The third-order valence-electron chi connectivity index (χ3n) is 6.44. The number of likely N-dealkylation sites (tertiary alicyclic amines) is 1. The summed E-state index contributed by atoms with van der Waals surface area (Å²) in [5.74, 6) is -1.17. The second-order valence-corrected chi connectivity index (χ2v) is 9.38. The summed E-state index contributed by atoms with van der Waals surface area (Å²) in [6.07, 6.45) is 1.75. The molecule has 0 radical (unpaired) electrons. The normalized spacial score (nSPS) is 17.0. The minimum atomic E-state index is -0.888. The van der Waals surface area contributed by atoms with Crippen LogP contribution in [0, 0.1) is 0 Å². The number of hydrogen-bond acceptors (Lipinski definition) is 5. The second kappa shape index (κ2) is 9.84. The lowest BCUT2D eigenvalue weighted by Crippen LogP contribution is -2.29. The molecule has 0 spiro atoms. The fourth-order valence-electron chi connectivity index (χ4n) is 4.70. The summed E-state index contributed by atoms with van der Waals surface area (Å²) < 4.78 is 10.6. The number of carbonyl (C=O) groups excluding carboxylic acids is 2. The number of nitrogens with zero attached hydrogens (tertiary/aromatic N) is 1. The number of benzene rings is 3. The van der Waals surface area contributed by atoms with E-state index in [2.05, 4.69) is 4.98 Å². The molecule has 2 heterocycles. The zero-order chi connectivity index (χ0) is 26.3. The van der Waals surface area contributed by atoms with E-state index < -0.39 is 23.5 Å². The molecule has 1 aromatic heterocycles. The Bertz CT molecular complexity index is 1560. The minimum Gasteiger partial charge on any atom is -0.507 e. The predicted molar refractivity (Wildman–Crippen MR) is 142 cm³/mol. The highest BCUT2D eigenvalue weighted by Crippen LogP contribution is 2.45. The van der Waals surface area contributed by atoms with Gasteiger partial charge >= 0.3 is 0 Å². The standard InChI is InChI=1S/C28H22Cl2N2O5/c1-36-17-9-7-15(8-10-17)14-32-24(20-13-31-22-6-4-3-5-18(20)22)23(26(34)28(32)35)25(33)19-11-16(29)12-21(30)27(19)37-2/h3-13,24,31,33H,14H2,1-2H3/b25-23+. The van der Waals surface area contributed by atoms with Crippen LogP contribution < -0.4 is 9.47 Å². The smallest absolute Gasteiger partial charge is 0.295 e. The molecule has 1 unspecified atom stereocenters. The molecule has 188 valence electrons. The van der Waals surface area contributed by atoms with Gasteiger partial charge in [0.15, 0.2) is 0 Å². The van der Waals surface area contributed by atoms with Crippen molar-refractivity contribution < 1.29 is 24.2 Å². The van der Waals surface area contributed by atoms with Crippen LogP contribution in [0.3, 0.4) is 0 Å². The molecule has 1 amide bonds. The summed E-state index contributed by atoms with van der Waals surface area (Å²) >= 11 is 12.5. The van der Waals surface area contributed by atoms with Gasteiger partial charge in [0.25, 0.3) is 11.7 Å². The van der Waals surface area contributed by atoms with Crippen molar-refractivity contribution in [2.45, 2.75) is 12.6 Å². The summed E-state index contributed by atoms with van der Waals surface area (Å²) in [7, 11) is 2.96. The molecule has 1 saturated heterocycles. The van der Waals surface area contributed by atoms with Crippen LogP contribution in [0.2, 0.25) is 10.0 Å². The number of para-hydroxylation sites is 1. The van der Waals surface area contributed by atoms with Crippen molar-refractivity contribution in [3.8, 4) is 11.5 Å². The summed E-state index contributed by atoms with van der Waals surface area (Å²) in [6.45, 7) is 0.128. The highest BCUT2D eigenvalue weighted by atomic mass is 35.5. The zero-order valence-electron chi connectivity index (χ0n) is 19.9. The fourth-order valence-corrected chi connectivity index (χ4v) is 5.27. The lowest BCUT2D eigenvalue weighted by atomic mass is 9.94. The van der Waals surface area contributed by atoms with Gasteiger partial charge < -0.3 is 24.5 Å². The van der Waals surface area contributed by atoms with Gasteiger partial charge in [0.2, 0.25) is 0 Å². The molecule has 7 nitrogen and oxygen atoms in total. The minimum absolute atomic E-state index is 0.0834. The quantitative estimate of drug-likeness (QED) is 0.176. The number of fused-ring (bicyclic) bond motifs is 1. The summed E-state index contributed by atoms with van der Waals surface area (Å²) in [6, 6.07) is 16.8. The van der Waals surface area contributed by atoms with Crippen molar-refractivity contribution in [1.82, 2.24) is 9.88 Å². The van der Waals surface area contributed by atoms with E-state index in [1.165, 1.54) is 24.1 Å². The Morgan fingerprint density at radius 2 is 1.76 bits per heavy atom. The van der Waals surface area contributed by atoms with Crippen molar-refractivity contribution in [3.63, 3.8) is 0 Å². The largest absolute Gasteiger partial charge is 0.507 e. The van der Waals surface area contributed by atoms with Crippen LogP contribution in [0.1, 0.15) is 22.7 Å². The van der Waals surface area contributed by atoms with E-state index >= 15 is 0 Å². The van der Waals surface area contributed by atoms with Crippen LogP contribution in [0.5, 0.6) is 11.5 Å². The number of aliphatic hydroxyl groups excluding tert-OH is 1. The van der Waals surface area contributed by atoms with E-state index in [9.17, 15) is 14.7 Å². The predicted octanol–water partition coefficient (Wildman–Crippen LogP) is 6.11. The number of methoxy groups -OCH3 is 2. The molecule has 1 aliphatic heterocycles. The van der Waals surface area contributed by atoms with E-state index in [4.69, 9.17) is 32.7 Å². The number of aromatic amines is 1. The number of aliphatic hydroxyl groups is 1. The number of aromatic nitrogens is 1. The Morgan fingerprint density at radius 3 is 2.46 bits per heavy atom. The third-order valence-corrected chi connectivity index (χ3v) is 6.93. The van der Waals surface area contributed by atoms with E-state index in [1.807, 2.05) is 36.4 Å². The number of carbonyl (C=O) groups is 2. The maximum atomic E-state index is 13.5. The zero-order valence-corrected chi connectivity index (χ0v) is 21.4. The van der Waals surface area contributed by atoms with Crippen molar-refractivity contribution in [3.05, 3.63) is 99.2 Å². The molecule has 4 aromatic rings. The van der Waals surface area contributed by atoms with Crippen molar-refractivity contribution in [2.75, 3.05) is 14.2 Å². The Labute approximate surface area is 222 Å². The molecule has 5 rings (SSSR count). The number of halogens is 2. The lowest BCUT2D eigenvalue weighted by Gasteiger charge is -2.25. The molecule has 0 saturated carbocycles.